The Kier molecular flexibility index (Phi) is 4.15. The summed E-state index contributed by atoms with van der Waals surface area (Å²) in [5, 5.41) is 6.57. The first-order valence-corrected chi connectivity index (χ1v) is 7.68. The van der Waals surface area contributed by atoms with Crippen molar-refractivity contribution in [2.45, 2.75) is 13.3 Å². The summed E-state index contributed by atoms with van der Waals surface area (Å²) in [6.07, 6.45) is 0.476. The fourth-order valence-corrected chi connectivity index (χ4v) is 2.38. The molecule has 0 aliphatic heterocycles. The molecular formula is C17H14BrN3O. The molecule has 2 aromatic carbocycles. The fourth-order valence-electron chi connectivity index (χ4n) is 2.12. The maximum absolute atomic E-state index is 11.9. The van der Waals surface area contributed by atoms with Crippen molar-refractivity contribution in [1.82, 2.24) is 15.2 Å². The van der Waals surface area contributed by atoms with Gasteiger partial charge in [0.1, 0.15) is 5.69 Å². The third-order valence-electron chi connectivity index (χ3n) is 3.36. The van der Waals surface area contributed by atoms with Crippen LogP contribution < -0.4 is 5.56 Å². The van der Waals surface area contributed by atoms with E-state index in [0.717, 1.165) is 15.6 Å². The van der Waals surface area contributed by atoms with Gasteiger partial charge in [-0.1, -0.05) is 57.9 Å². The van der Waals surface area contributed by atoms with E-state index in [1.165, 1.54) is 5.56 Å². The van der Waals surface area contributed by atoms with Gasteiger partial charge in [0.25, 0.3) is 5.56 Å². The van der Waals surface area contributed by atoms with Crippen molar-refractivity contribution in [3.63, 3.8) is 0 Å². The first kappa shape index (κ1) is 14.7. The number of nitrogens with zero attached hydrogens (tertiary/aromatic N) is 2. The van der Waals surface area contributed by atoms with Gasteiger partial charge in [0, 0.05) is 16.5 Å². The minimum absolute atomic E-state index is 0.251. The molecule has 110 valence electrons. The normalized spacial score (nSPS) is 10.6. The Morgan fingerprint density at radius 2 is 1.73 bits per heavy atom. The zero-order valence-corrected chi connectivity index (χ0v) is 13.6. The molecule has 1 aromatic heterocycles. The molecule has 1 heterocycles. The van der Waals surface area contributed by atoms with E-state index in [-0.39, 0.29) is 5.56 Å². The Morgan fingerprint density at radius 1 is 1.05 bits per heavy atom. The summed E-state index contributed by atoms with van der Waals surface area (Å²) >= 11 is 3.40. The van der Waals surface area contributed by atoms with Crippen molar-refractivity contribution in [3.05, 3.63) is 80.2 Å². The van der Waals surface area contributed by atoms with Crippen molar-refractivity contribution < 1.29 is 0 Å². The Balaban J connectivity index is 1.94. The van der Waals surface area contributed by atoms with Crippen LogP contribution in [0.1, 0.15) is 16.8 Å². The number of aromatic amines is 1. The van der Waals surface area contributed by atoms with Gasteiger partial charge >= 0.3 is 0 Å². The SMILES string of the molecule is Cc1ccc(-c2n[nH]c(=O)c(Cc3ccc(Br)cc3)n2)cc1. The number of nitrogens with one attached hydrogen (secondary N) is 1. The molecule has 4 nitrogen and oxygen atoms in total. The van der Waals surface area contributed by atoms with Crippen molar-refractivity contribution in [1.29, 1.82) is 0 Å². The van der Waals surface area contributed by atoms with E-state index in [1.54, 1.807) is 0 Å². The van der Waals surface area contributed by atoms with Crippen LogP contribution >= 0.6 is 15.9 Å². The highest BCUT2D eigenvalue weighted by Gasteiger charge is 2.08. The van der Waals surface area contributed by atoms with E-state index < -0.39 is 0 Å². The van der Waals surface area contributed by atoms with Crippen molar-refractivity contribution in [3.8, 4) is 11.4 Å². The summed E-state index contributed by atoms with van der Waals surface area (Å²) in [6.45, 7) is 2.02. The highest BCUT2D eigenvalue weighted by molar-refractivity contribution is 9.10. The number of hydrogen-bond donors (Lipinski definition) is 1. The van der Waals surface area contributed by atoms with Crippen LogP contribution in [0.2, 0.25) is 0 Å². The summed E-state index contributed by atoms with van der Waals surface area (Å²) in [5.74, 6) is 0.534. The highest BCUT2D eigenvalue weighted by Crippen LogP contribution is 2.16. The fraction of sp³-hybridized carbons (Fsp3) is 0.118. The number of rotatable bonds is 3. The van der Waals surface area contributed by atoms with E-state index in [0.29, 0.717) is 17.9 Å². The van der Waals surface area contributed by atoms with Crippen LogP contribution in [0, 0.1) is 6.92 Å². The predicted octanol–water partition coefficient (Wildman–Crippen LogP) is 3.49. The molecule has 0 unspecified atom stereocenters. The van der Waals surface area contributed by atoms with Gasteiger partial charge in [-0.05, 0) is 24.6 Å². The van der Waals surface area contributed by atoms with Gasteiger partial charge in [-0.15, -0.1) is 0 Å². The van der Waals surface area contributed by atoms with Crippen molar-refractivity contribution in [2.75, 3.05) is 0 Å². The van der Waals surface area contributed by atoms with Gasteiger partial charge < -0.3 is 0 Å². The molecule has 0 aliphatic carbocycles. The Morgan fingerprint density at radius 3 is 2.41 bits per heavy atom. The largest absolute Gasteiger partial charge is 0.286 e. The first-order chi connectivity index (χ1) is 10.6. The number of benzene rings is 2. The molecule has 3 aromatic rings. The molecular weight excluding hydrogens is 342 g/mol. The summed E-state index contributed by atoms with van der Waals surface area (Å²) in [5.41, 5.74) is 3.30. The molecule has 0 spiro atoms. The van der Waals surface area contributed by atoms with Gasteiger partial charge in [0.2, 0.25) is 0 Å². The summed E-state index contributed by atoms with van der Waals surface area (Å²) in [6, 6.07) is 15.7. The molecule has 3 rings (SSSR count). The average molecular weight is 356 g/mol. The lowest BCUT2D eigenvalue weighted by molar-refractivity contribution is 0.883. The third kappa shape index (κ3) is 3.31. The summed E-state index contributed by atoms with van der Waals surface area (Å²) < 4.78 is 1.01. The topological polar surface area (TPSA) is 58.6 Å². The zero-order chi connectivity index (χ0) is 15.5. The monoisotopic (exact) mass is 355 g/mol. The molecule has 0 saturated carbocycles. The van der Waals surface area contributed by atoms with Crippen LogP contribution in [0.4, 0.5) is 0 Å². The number of aromatic nitrogens is 3. The molecule has 1 N–H and O–H groups in total. The summed E-state index contributed by atoms with van der Waals surface area (Å²) in [4.78, 5) is 16.4. The van der Waals surface area contributed by atoms with Crippen molar-refractivity contribution in [2.24, 2.45) is 0 Å². The van der Waals surface area contributed by atoms with Gasteiger partial charge in [-0.2, -0.15) is 5.10 Å². The maximum Gasteiger partial charge on any atom is 0.286 e. The molecule has 0 radical (unpaired) electrons. The Hall–Kier alpha value is -2.27. The van der Waals surface area contributed by atoms with E-state index in [4.69, 9.17) is 0 Å². The average Bonchev–Trinajstić information content (AvgIpc) is 2.52. The van der Waals surface area contributed by atoms with Gasteiger partial charge in [-0.3, -0.25) is 4.79 Å². The lowest BCUT2D eigenvalue weighted by Gasteiger charge is -2.04. The molecule has 0 fully saturated rings. The Bertz CT molecular complexity index is 839. The van der Waals surface area contributed by atoms with Crippen LogP contribution in [0.3, 0.4) is 0 Å². The highest BCUT2D eigenvalue weighted by atomic mass is 79.9. The first-order valence-electron chi connectivity index (χ1n) is 6.89. The van der Waals surface area contributed by atoms with Gasteiger partial charge in [0.15, 0.2) is 5.82 Å². The number of hydrogen-bond acceptors (Lipinski definition) is 3. The van der Waals surface area contributed by atoms with Crippen molar-refractivity contribution >= 4 is 15.9 Å². The van der Waals surface area contributed by atoms with Crippen LogP contribution in [0.5, 0.6) is 0 Å². The maximum atomic E-state index is 11.9. The van der Waals surface area contributed by atoms with E-state index >= 15 is 0 Å². The second-order valence-electron chi connectivity index (χ2n) is 5.10. The lowest BCUT2D eigenvalue weighted by atomic mass is 10.1. The van der Waals surface area contributed by atoms with E-state index in [1.807, 2.05) is 55.5 Å². The molecule has 0 atom stereocenters. The Labute approximate surface area is 136 Å². The third-order valence-corrected chi connectivity index (χ3v) is 3.89. The van der Waals surface area contributed by atoms with E-state index in [2.05, 4.69) is 31.1 Å². The standard InChI is InChI=1S/C17H14BrN3O/c1-11-2-6-13(7-3-11)16-19-15(17(22)21-20-16)10-12-4-8-14(18)9-5-12/h2-9H,10H2,1H3,(H,21,22). The van der Waals surface area contributed by atoms with Crippen LogP contribution in [-0.4, -0.2) is 15.2 Å². The number of halogens is 1. The molecule has 22 heavy (non-hydrogen) atoms. The number of H-pyrrole nitrogens is 1. The van der Waals surface area contributed by atoms with E-state index in [9.17, 15) is 4.79 Å². The molecule has 0 amide bonds. The molecule has 0 saturated heterocycles. The zero-order valence-electron chi connectivity index (χ0n) is 12.0. The molecule has 0 bridgehead atoms. The smallest absolute Gasteiger partial charge is 0.266 e. The molecule has 5 heteroatoms. The summed E-state index contributed by atoms with van der Waals surface area (Å²) in [7, 11) is 0. The lowest BCUT2D eigenvalue weighted by Crippen LogP contribution is -2.18. The second-order valence-corrected chi connectivity index (χ2v) is 6.02. The number of aryl methyl sites for hydroxylation is 1. The minimum atomic E-state index is -0.251. The van der Waals surface area contributed by atoms with Gasteiger partial charge in [-0.25, -0.2) is 10.1 Å². The van der Waals surface area contributed by atoms with Gasteiger partial charge in [0.05, 0.1) is 0 Å². The van der Waals surface area contributed by atoms with Crippen LogP contribution in [-0.2, 0) is 6.42 Å². The predicted molar refractivity (Wildman–Crippen MR) is 89.8 cm³/mol. The second kappa shape index (κ2) is 6.23. The molecule has 0 aliphatic rings. The van der Waals surface area contributed by atoms with Crippen LogP contribution in [0.25, 0.3) is 11.4 Å². The minimum Gasteiger partial charge on any atom is -0.266 e. The quantitative estimate of drug-likeness (QED) is 0.782. The van der Waals surface area contributed by atoms with Crippen LogP contribution in [0.15, 0.2) is 57.8 Å².